The third kappa shape index (κ3) is 2.29. The molecule has 5 heteroatoms. The average molecular weight is 250 g/mol. The summed E-state index contributed by atoms with van der Waals surface area (Å²) in [4.78, 5) is 2.28. The molecular weight excluding hydrogens is 228 g/mol. The van der Waals surface area contributed by atoms with Gasteiger partial charge >= 0.3 is 0 Å². The maximum Gasteiger partial charge on any atom is 0.146 e. The van der Waals surface area contributed by atoms with Crippen LogP contribution in [-0.4, -0.2) is 44.0 Å². The Bertz CT molecular complexity index is 427. The van der Waals surface area contributed by atoms with Gasteiger partial charge in [0.25, 0.3) is 0 Å². The largest absolute Gasteiger partial charge is 0.392 e. The Balaban J connectivity index is 1.65. The van der Waals surface area contributed by atoms with Gasteiger partial charge in [0.05, 0.1) is 12.6 Å². The van der Waals surface area contributed by atoms with Gasteiger partial charge in [-0.25, -0.2) is 0 Å². The molecule has 0 bridgehead atoms. The number of nitrogens with zero attached hydrogens (tertiary/aromatic N) is 4. The highest BCUT2D eigenvalue weighted by Gasteiger charge is 2.30. The molecule has 1 aliphatic heterocycles. The Kier molecular flexibility index (Phi) is 3.11. The Morgan fingerprint density at radius 3 is 2.72 bits per heavy atom. The Morgan fingerprint density at radius 2 is 2.06 bits per heavy atom. The second-order valence-electron chi connectivity index (χ2n) is 5.88. The van der Waals surface area contributed by atoms with Crippen LogP contribution in [0.25, 0.3) is 0 Å². The van der Waals surface area contributed by atoms with Crippen LogP contribution in [0.2, 0.25) is 0 Å². The molecule has 2 aliphatic rings. The van der Waals surface area contributed by atoms with E-state index in [1.807, 2.05) is 0 Å². The molecule has 0 aromatic carbocycles. The van der Waals surface area contributed by atoms with Crippen molar-refractivity contribution in [1.29, 1.82) is 0 Å². The highest BCUT2D eigenvalue weighted by Crippen LogP contribution is 2.38. The van der Waals surface area contributed by atoms with E-state index in [4.69, 9.17) is 0 Å². The monoisotopic (exact) mass is 250 g/mol. The van der Waals surface area contributed by atoms with Gasteiger partial charge in [0.2, 0.25) is 0 Å². The van der Waals surface area contributed by atoms with E-state index in [0.717, 1.165) is 37.7 Å². The number of piperidine rings is 1. The summed E-state index contributed by atoms with van der Waals surface area (Å²) in [6, 6.07) is 0. The van der Waals surface area contributed by atoms with Gasteiger partial charge in [-0.1, -0.05) is 6.92 Å². The molecule has 1 N–H and O–H groups in total. The molecular formula is C13H22N4O. The van der Waals surface area contributed by atoms with E-state index < -0.39 is 0 Å². The average Bonchev–Trinajstić information content (AvgIpc) is 3.12. The lowest BCUT2D eigenvalue weighted by Gasteiger charge is -2.33. The van der Waals surface area contributed by atoms with Gasteiger partial charge in [0.1, 0.15) is 11.6 Å². The molecule has 2 fully saturated rings. The first kappa shape index (κ1) is 12.1. The molecule has 1 aromatic heterocycles. The molecule has 1 saturated carbocycles. The standard InChI is InChI=1S/C13H22N4O/c1-9-5-6-17(7-11(9)18)8-12-14-15-13(16(12)2)10-3-4-10/h9-11,18H,3-8H2,1-2H3. The molecule has 3 rings (SSSR count). The molecule has 2 unspecified atom stereocenters. The van der Waals surface area contributed by atoms with Crippen LogP contribution in [0.15, 0.2) is 0 Å². The first-order valence-electron chi connectivity index (χ1n) is 6.93. The molecule has 0 amide bonds. The zero-order valence-electron chi connectivity index (χ0n) is 11.2. The van der Waals surface area contributed by atoms with Crippen molar-refractivity contribution in [3.05, 3.63) is 11.6 Å². The third-order valence-corrected chi connectivity index (χ3v) is 4.31. The summed E-state index contributed by atoms with van der Waals surface area (Å²) in [5.74, 6) is 3.22. The maximum absolute atomic E-state index is 9.91. The van der Waals surface area contributed by atoms with Crippen molar-refractivity contribution >= 4 is 0 Å². The Labute approximate surface area is 108 Å². The van der Waals surface area contributed by atoms with Gasteiger partial charge in [-0.15, -0.1) is 10.2 Å². The molecule has 1 saturated heterocycles. The van der Waals surface area contributed by atoms with Gasteiger partial charge in [-0.05, 0) is 31.7 Å². The summed E-state index contributed by atoms with van der Waals surface area (Å²) in [5.41, 5.74) is 0. The van der Waals surface area contributed by atoms with Crippen LogP contribution in [0.4, 0.5) is 0 Å². The first-order chi connectivity index (χ1) is 8.65. The number of rotatable bonds is 3. The fourth-order valence-electron chi connectivity index (χ4n) is 2.67. The zero-order chi connectivity index (χ0) is 12.7. The van der Waals surface area contributed by atoms with E-state index in [2.05, 4.69) is 33.6 Å². The number of β-amino-alcohol motifs (C(OH)–C–C–N with tert-alkyl or cyclic N) is 1. The molecule has 1 aliphatic carbocycles. The minimum absolute atomic E-state index is 0.199. The van der Waals surface area contributed by atoms with E-state index >= 15 is 0 Å². The molecule has 100 valence electrons. The highest BCUT2D eigenvalue weighted by molar-refractivity contribution is 5.07. The molecule has 0 spiro atoms. The van der Waals surface area contributed by atoms with E-state index in [-0.39, 0.29) is 6.10 Å². The lowest BCUT2D eigenvalue weighted by molar-refractivity contribution is 0.0245. The van der Waals surface area contributed by atoms with Crippen molar-refractivity contribution in [1.82, 2.24) is 19.7 Å². The van der Waals surface area contributed by atoms with Crippen molar-refractivity contribution in [2.75, 3.05) is 13.1 Å². The van der Waals surface area contributed by atoms with E-state index in [0.29, 0.717) is 11.8 Å². The lowest BCUT2D eigenvalue weighted by atomic mass is 9.96. The molecule has 5 nitrogen and oxygen atoms in total. The van der Waals surface area contributed by atoms with Gasteiger partial charge < -0.3 is 9.67 Å². The lowest BCUT2D eigenvalue weighted by Crippen LogP contribution is -2.42. The second-order valence-corrected chi connectivity index (χ2v) is 5.88. The first-order valence-corrected chi connectivity index (χ1v) is 6.93. The summed E-state index contributed by atoms with van der Waals surface area (Å²) in [7, 11) is 2.06. The van der Waals surface area contributed by atoms with Crippen LogP contribution < -0.4 is 0 Å². The minimum Gasteiger partial charge on any atom is -0.392 e. The molecule has 18 heavy (non-hydrogen) atoms. The van der Waals surface area contributed by atoms with Crippen molar-refractivity contribution in [2.24, 2.45) is 13.0 Å². The molecule has 0 radical (unpaired) electrons. The van der Waals surface area contributed by atoms with E-state index in [1.165, 1.54) is 12.8 Å². The molecule has 2 atom stereocenters. The van der Waals surface area contributed by atoms with Crippen LogP contribution in [0.1, 0.15) is 43.8 Å². The van der Waals surface area contributed by atoms with Crippen LogP contribution in [0, 0.1) is 5.92 Å². The second kappa shape index (κ2) is 4.63. The van der Waals surface area contributed by atoms with Crippen LogP contribution in [-0.2, 0) is 13.6 Å². The number of aliphatic hydroxyl groups is 1. The van der Waals surface area contributed by atoms with Crippen LogP contribution >= 0.6 is 0 Å². The number of hydrogen-bond donors (Lipinski definition) is 1. The number of aromatic nitrogens is 3. The van der Waals surface area contributed by atoms with Gasteiger partial charge in [0, 0.05) is 19.5 Å². The van der Waals surface area contributed by atoms with Crippen molar-refractivity contribution in [3.8, 4) is 0 Å². The van der Waals surface area contributed by atoms with Gasteiger partial charge in [-0.2, -0.15) is 0 Å². The third-order valence-electron chi connectivity index (χ3n) is 4.31. The van der Waals surface area contributed by atoms with Gasteiger partial charge in [-0.3, -0.25) is 4.90 Å². The number of likely N-dealkylation sites (tertiary alicyclic amines) is 1. The van der Waals surface area contributed by atoms with Crippen molar-refractivity contribution < 1.29 is 5.11 Å². The fourth-order valence-corrected chi connectivity index (χ4v) is 2.67. The topological polar surface area (TPSA) is 54.2 Å². The minimum atomic E-state index is -0.199. The smallest absolute Gasteiger partial charge is 0.146 e. The SMILES string of the molecule is CC1CCN(Cc2nnc(C3CC3)n2C)CC1O. The van der Waals surface area contributed by atoms with Crippen molar-refractivity contribution in [3.63, 3.8) is 0 Å². The quantitative estimate of drug-likeness (QED) is 0.866. The Morgan fingerprint density at radius 1 is 1.28 bits per heavy atom. The fraction of sp³-hybridized carbons (Fsp3) is 0.846. The van der Waals surface area contributed by atoms with E-state index in [9.17, 15) is 5.11 Å². The van der Waals surface area contributed by atoms with Crippen LogP contribution in [0.5, 0.6) is 0 Å². The highest BCUT2D eigenvalue weighted by atomic mass is 16.3. The summed E-state index contributed by atoms with van der Waals surface area (Å²) < 4.78 is 2.14. The number of aliphatic hydroxyl groups excluding tert-OH is 1. The normalized spacial score (nSPS) is 29.7. The van der Waals surface area contributed by atoms with E-state index in [1.54, 1.807) is 0 Å². The van der Waals surface area contributed by atoms with Gasteiger partial charge in [0.15, 0.2) is 0 Å². The molecule has 1 aromatic rings. The summed E-state index contributed by atoms with van der Waals surface area (Å²) in [6.07, 6.45) is 3.38. The van der Waals surface area contributed by atoms with Crippen molar-refractivity contribution in [2.45, 2.75) is 44.8 Å². The molecule has 2 heterocycles. The maximum atomic E-state index is 9.91. The number of hydrogen-bond acceptors (Lipinski definition) is 4. The zero-order valence-corrected chi connectivity index (χ0v) is 11.2. The Hall–Kier alpha value is -0.940. The predicted octanol–water partition coefficient (Wildman–Crippen LogP) is 0.895. The van der Waals surface area contributed by atoms with Crippen LogP contribution in [0.3, 0.4) is 0 Å². The predicted molar refractivity (Wildman–Crippen MR) is 68.0 cm³/mol. The summed E-state index contributed by atoms with van der Waals surface area (Å²) in [6.45, 7) is 4.73. The summed E-state index contributed by atoms with van der Waals surface area (Å²) >= 11 is 0. The summed E-state index contributed by atoms with van der Waals surface area (Å²) in [5, 5.41) is 18.5.